The summed E-state index contributed by atoms with van der Waals surface area (Å²) in [7, 11) is 0. The summed E-state index contributed by atoms with van der Waals surface area (Å²) < 4.78 is 1.94. The summed E-state index contributed by atoms with van der Waals surface area (Å²) in [6.07, 6.45) is 0. The van der Waals surface area contributed by atoms with Crippen LogP contribution in [-0.4, -0.2) is 51.3 Å². The van der Waals surface area contributed by atoms with Gasteiger partial charge < -0.3 is 4.90 Å². The molecule has 0 amide bonds. The smallest absolute Gasteiger partial charge is 0.173 e. The van der Waals surface area contributed by atoms with Crippen LogP contribution in [0.15, 0.2) is 66.0 Å². The first-order chi connectivity index (χ1) is 15.7. The van der Waals surface area contributed by atoms with Gasteiger partial charge in [0, 0.05) is 41.8 Å². The maximum absolute atomic E-state index is 6.28. The Balaban J connectivity index is 0.00000259. The van der Waals surface area contributed by atoms with Gasteiger partial charge in [0.25, 0.3) is 0 Å². The van der Waals surface area contributed by atoms with E-state index in [-0.39, 0.29) is 18.4 Å². The van der Waals surface area contributed by atoms with Crippen molar-refractivity contribution in [3.8, 4) is 0 Å². The molecule has 1 fully saturated rings. The number of aryl methyl sites for hydroxylation is 1. The minimum atomic E-state index is 0. The first-order valence-corrected chi connectivity index (χ1v) is 12.0. The fourth-order valence-electron chi connectivity index (χ4n) is 4.37. The molecule has 0 spiro atoms. The van der Waals surface area contributed by atoms with Gasteiger partial charge >= 0.3 is 0 Å². The van der Waals surface area contributed by atoms with E-state index in [1.54, 1.807) is 11.3 Å². The number of hydrogen-bond acceptors (Lipinski definition) is 6. The third-order valence-electron chi connectivity index (χ3n) is 6.00. The molecule has 0 saturated carbocycles. The van der Waals surface area contributed by atoms with Gasteiger partial charge in [0.1, 0.15) is 0 Å². The molecule has 33 heavy (non-hydrogen) atoms. The highest BCUT2D eigenvalue weighted by Crippen LogP contribution is 2.31. The van der Waals surface area contributed by atoms with Crippen LogP contribution in [-0.2, 0) is 6.54 Å². The molecule has 0 aliphatic carbocycles. The van der Waals surface area contributed by atoms with E-state index in [0.717, 1.165) is 37.0 Å². The van der Waals surface area contributed by atoms with Crippen LogP contribution in [0.2, 0.25) is 5.02 Å². The van der Waals surface area contributed by atoms with Gasteiger partial charge in [-0.15, -0.1) is 28.8 Å². The summed E-state index contributed by atoms with van der Waals surface area (Å²) in [5.74, 6) is 0.886. The molecule has 6 nitrogen and oxygen atoms in total. The van der Waals surface area contributed by atoms with Gasteiger partial charge in [-0.1, -0.05) is 54.1 Å². The van der Waals surface area contributed by atoms with Crippen molar-refractivity contribution in [2.75, 3.05) is 31.1 Å². The maximum atomic E-state index is 6.28. The molecule has 9 heteroatoms. The van der Waals surface area contributed by atoms with Crippen molar-refractivity contribution >= 4 is 41.0 Å². The number of halogens is 2. The molecule has 0 radical (unpaired) electrons. The number of aromatic nitrogens is 4. The van der Waals surface area contributed by atoms with Crippen molar-refractivity contribution in [1.82, 2.24) is 25.1 Å². The van der Waals surface area contributed by atoms with E-state index in [2.05, 4.69) is 92.2 Å². The fourth-order valence-corrected chi connectivity index (χ4v) is 5.23. The van der Waals surface area contributed by atoms with Crippen molar-refractivity contribution < 1.29 is 0 Å². The summed E-state index contributed by atoms with van der Waals surface area (Å²) in [5, 5.41) is 15.7. The lowest BCUT2D eigenvalue weighted by Crippen LogP contribution is -2.48. The Kier molecular flexibility index (Phi) is 7.65. The zero-order valence-electron chi connectivity index (χ0n) is 18.3. The maximum Gasteiger partial charge on any atom is 0.173 e. The number of benzene rings is 2. The van der Waals surface area contributed by atoms with Gasteiger partial charge in [-0.05, 0) is 52.1 Å². The highest BCUT2D eigenvalue weighted by Gasteiger charge is 2.31. The summed E-state index contributed by atoms with van der Waals surface area (Å²) >= 11 is 8.00. The molecule has 172 valence electrons. The molecule has 1 aliphatic heterocycles. The van der Waals surface area contributed by atoms with Crippen molar-refractivity contribution in [3.63, 3.8) is 0 Å². The third-order valence-corrected chi connectivity index (χ3v) is 7.09. The first kappa shape index (κ1) is 23.7. The number of piperazine rings is 1. The van der Waals surface area contributed by atoms with E-state index < -0.39 is 0 Å². The molecule has 0 bridgehead atoms. The Morgan fingerprint density at radius 2 is 1.79 bits per heavy atom. The summed E-state index contributed by atoms with van der Waals surface area (Å²) in [6.45, 7) is 6.51. The van der Waals surface area contributed by atoms with Crippen LogP contribution >= 0.6 is 35.3 Å². The summed E-state index contributed by atoms with van der Waals surface area (Å²) in [4.78, 5) is 6.16. The second-order valence-electron chi connectivity index (χ2n) is 8.04. The van der Waals surface area contributed by atoms with Crippen LogP contribution in [0.3, 0.4) is 0 Å². The van der Waals surface area contributed by atoms with Crippen molar-refractivity contribution in [1.29, 1.82) is 0 Å². The van der Waals surface area contributed by atoms with Crippen molar-refractivity contribution in [3.05, 3.63) is 92.9 Å². The van der Waals surface area contributed by atoms with E-state index in [1.807, 2.05) is 10.7 Å². The Bertz CT molecular complexity index is 1160. The average molecular weight is 501 g/mol. The number of hydrogen-bond donors (Lipinski definition) is 0. The SMILES string of the molecule is Cc1ccc(Cl)cc1N1CCN(C(c2ccccc2)c2nnnn2Cc2cccs2)CC1.Cl. The standard InChI is InChI=1S/C24H25ClN6S.ClH/c1-18-9-10-20(25)16-22(18)29-11-13-30(14-12-29)23(19-6-3-2-4-7-19)24-26-27-28-31(24)17-21-8-5-15-32-21;/h2-10,15-16,23H,11-14,17H2,1H3;1H. The van der Waals surface area contributed by atoms with Gasteiger partial charge in [-0.2, -0.15) is 0 Å². The lowest BCUT2D eigenvalue weighted by atomic mass is 10.0. The van der Waals surface area contributed by atoms with Gasteiger partial charge in [0.15, 0.2) is 5.82 Å². The van der Waals surface area contributed by atoms with E-state index in [1.165, 1.54) is 21.7 Å². The number of nitrogens with zero attached hydrogens (tertiary/aromatic N) is 6. The molecular weight excluding hydrogens is 475 g/mol. The predicted octanol–water partition coefficient (Wildman–Crippen LogP) is 5.08. The Morgan fingerprint density at radius 1 is 1.00 bits per heavy atom. The van der Waals surface area contributed by atoms with Crippen LogP contribution in [0, 0.1) is 6.92 Å². The largest absolute Gasteiger partial charge is 0.369 e. The van der Waals surface area contributed by atoms with Crippen molar-refractivity contribution in [2.45, 2.75) is 19.5 Å². The lowest BCUT2D eigenvalue weighted by Gasteiger charge is -2.40. The van der Waals surface area contributed by atoms with Gasteiger partial charge in [0.2, 0.25) is 0 Å². The fraction of sp³-hybridized carbons (Fsp3) is 0.292. The molecule has 0 N–H and O–H groups in total. The van der Waals surface area contributed by atoms with Gasteiger partial charge in [-0.3, -0.25) is 4.90 Å². The minimum absolute atomic E-state index is 0. The highest BCUT2D eigenvalue weighted by molar-refractivity contribution is 7.09. The molecule has 2 aromatic heterocycles. The topological polar surface area (TPSA) is 50.1 Å². The van der Waals surface area contributed by atoms with Gasteiger partial charge in [-0.25, -0.2) is 4.68 Å². The minimum Gasteiger partial charge on any atom is -0.369 e. The van der Waals surface area contributed by atoms with Crippen LogP contribution in [0.25, 0.3) is 0 Å². The quantitative estimate of drug-likeness (QED) is 0.369. The monoisotopic (exact) mass is 500 g/mol. The van der Waals surface area contributed by atoms with Crippen molar-refractivity contribution in [2.24, 2.45) is 0 Å². The van der Waals surface area contributed by atoms with Crippen LogP contribution in [0.5, 0.6) is 0 Å². The number of rotatable bonds is 6. The second-order valence-corrected chi connectivity index (χ2v) is 9.51. The second kappa shape index (κ2) is 10.7. The lowest BCUT2D eigenvalue weighted by molar-refractivity contribution is 0.201. The molecule has 1 atom stereocenters. The van der Waals surface area contributed by atoms with E-state index >= 15 is 0 Å². The van der Waals surface area contributed by atoms with E-state index in [4.69, 9.17) is 11.6 Å². The van der Waals surface area contributed by atoms with Crippen LogP contribution in [0.1, 0.15) is 27.9 Å². The molecular formula is C24H26Cl2N6S. The van der Waals surface area contributed by atoms with E-state index in [0.29, 0.717) is 6.54 Å². The van der Waals surface area contributed by atoms with Crippen LogP contribution < -0.4 is 4.90 Å². The average Bonchev–Trinajstić information content (AvgIpc) is 3.50. The third kappa shape index (κ3) is 5.22. The summed E-state index contributed by atoms with van der Waals surface area (Å²) in [6, 6.07) is 20.9. The summed E-state index contributed by atoms with van der Waals surface area (Å²) in [5.41, 5.74) is 3.68. The zero-order chi connectivity index (χ0) is 21.9. The highest BCUT2D eigenvalue weighted by atomic mass is 35.5. The Hall–Kier alpha value is -2.45. The molecule has 1 saturated heterocycles. The molecule has 4 aromatic rings. The number of anilines is 1. The molecule has 1 unspecified atom stereocenters. The molecule has 3 heterocycles. The number of thiophene rings is 1. The molecule has 2 aromatic carbocycles. The Morgan fingerprint density at radius 3 is 2.52 bits per heavy atom. The first-order valence-electron chi connectivity index (χ1n) is 10.8. The van der Waals surface area contributed by atoms with Crippen LogP contribution in [0.4, 0.5) is 5.69 Å². The van der Waals surface area contributed by atoms with Gasteiger partial charge in [0.05, 0.1) is 12.6 Å². The number of tetrazole rings is 1. The molecule has 5 rings (SSSR count). The zero-order valence-corrected chi connectivity index (χ0v) is 20.7. The predicted molar refractivity (Wildman–Crippen MR) is 137 cm³/mol. The normalized spacial score (nSPS) is 15.3. The Labute approximate surface area is 209 Å². The van der Waals surface area contributed by atoms with E-state index in [9.17, 15) is 0 Å². The molecule has 1 aliphatic rings.